The molecule has 3 atom stereocenters. The number of aliphatic hydroxyl groups is 1. The number of ether oxygens (including phenoxy) is 2. The van der Waals surface area contributed by atoms with E-state index in [2.05, 4.69) is 6.07 Å². The number of fused-ring (bicyclic) bond motifs is 1. The van der Waals surface area contributed by atoms with Crippen molar-refractivity contribution < 1.29 is 23.8 Å². The lowest BCUT2D eigenvalue weighted by Crippen LogP contribution is -2.56. The Bertz CT molecular complexity index is 1630. The van der Waals surface area contributed by atoms with Crippen LogP contribution in [0.2, 0.25) is 5.02 Å². The van der Waals surface area contributed by atoms with Gasteiger partial charge < -0.3 is 19.5 Å². The Labute approximate surface area is 267 Å². The highest BCUT2D eigenvalue weighted by molar-refractivity contribution is 7.98. The summed E-state index contributed by atoms with van der Waals surface area (Å²) in [5, 5.41) is 14.3. The number of carbonyl (C=O) groups excluding carboxylic acids is 1. The zero-order valence-electron chi connectivity index (χ0n) is 25.6. The van der Waals surface area contributed by atoms with Crippen molar-refractivity contribution in [1.82, 2.24) is 9.88 Å². The number of aromatic nitrogens is 1. The molecule has 1 aromatic heterocycles. The molecule has 1 fully saturated rings. The Morgan fingerprint density at radius 3 is 2.48 bits per heavy atom. The fourth-order valence-corrected chi connectivity index (χ4v) is 6.67. The number of pyridine rings is 1. The molecule has 5 rings (SSSR count). The number of benzene rings is 3. The molecule has 1 aliphatic rings. The van der Waals surface area contributed by atoms with Gasteiger partial charge >= 0.3 is 6.09 Å². The van der Waals surface area contributed by atoms with Crippen molar-refractivity contribution in [2.45, 2.75) is 68.1 Å². The molecule has 0 spiro atoms. The monoisotopic (exact) mass is 636 g/mol. The molecule has 0 bridgehead atoms. The van der Waals surface area contributed by atoms with Gasteiger partial charge in [-0.25, -0.2) is 14.2 Å². The minimum atomic E-state index is -1.31. The lowest BCUT2D eigenvalue weighted by Gasteiger charge is -2.47. The number of halogens is 2. The minimum absolute atomic E-state index is 0.239. The number of methoxy groups -OCH3 is 1. The first kappa shape index (κ1) is 32.1. The predicted octanol–water partition coefficient (Wildman–Crippen LogP) is 8.26. The molecule has 9 heteroatoms. The van der Waals surface area contributed by atoms with Gasteiger partial charge in [-0.05, 0) is 106 Å². The average molecular weight is 637 g/mol. The lowest BCUT2D eigenvalue weighted by molar-refractivity contribution is -0.0630. The number of nitrogens with zero attached hydrogens (tertiary/aromatic N) is 2. The van der Waals surface area contributed by atoms with E-state index in [1.54, 1.807) is 35.9 Å². The molecule has 3 unspecified atom stereocenters. The van der Waals surface area contributed by atoms with Gasteiger partial charge in [-0.2, -0.15) is 0 Å². The van der Waals surface area contributed by atoms with E-state index < -0.39 is 29.3 Å². The predicted molar refractivity (Wildman–Crippen MR) is 174 cm³/mol. The molecule has 2 heterocycles. The minimum Gasteiger partial charge on any atom is -0.481 e. The van der Waals surface area contributed by atoms with E-state index in [4.69, 9.17) is 26.1 Å². The van der Waals surface area contributed by atoms with Crippen LogP contribution in [-0.4, -0.2) is 58.2 Å². The molecule has 4 aromatic rings. The zero-order chi connectivity index (χ0) is 31.6. The van der Waals surface area contributed by atoms with Gasteiger partial charge in [-0.3, -0.25) is 0 Å². The van der Waals surface area contributed by atoms with Crippen molar-refractivity contribution in [3.05, 3.63) is 100 Å². The second kappa shape index (κ2) is 13.0. The van der Waals surface area contributed by atoms with E-state index >= 15 is 0 Å². The Kier molecular flexibility index (Phi) is 9.44. The number of piperidine rings is 1. The second-order valence-corrected chi connectivity index (χ2v) is 13.7. The first-order valence-electron chi connectivity index (χ1n) is 14.6. The van der Waals surface area contributed by atoms with Crippen LogP contribution in [0.15, 0.2) is 77.7 Å². The van der Waals surface area contributed by atoms with E-state index in [1.807, 2.05) is 69.5 Å². The molecule has 0 aliphatic carbocycles. The molecule has 1 amide bonds. The van der Waals surface area contributed by atoms with E-state index in [-0.39, 0.29) is 25.2 Å². The number of hydrogen-bond acceptors (Lipinski definition) is 6. The maximum Gasteiger partial charge on any atom is 0.410 e. The van der Waals surface area contributed by atoms with Gasteiger partial charge in [0, 0.05) is 39.4 Å². The Balaban J connectivity index is 1.62. The van der Waals surface area contributed by atoms with Crippen LogP contribution < -0.4 is 4.74 Å². The van der Waals surface area contributed by atoms with Crippen molar-refractivity contribution >= 4 is 40.4 Å². The van der Waals surface area contributed by atoms with Gasteiger partial charge in [0.1, 0.15) is 11.4 Å². The maximum atomic E-state index is 13.8. The maximum absolute atomic E-state index is 13.8. The fourth-order valence-electron chi connectivity index (χ4n) is 6.10. The van der Waals surface area contributed by atoms with Crippen molar-refractivity contribution in [3.63, 3.8) is 0 Å². The van der Waals surface area contributed by atoms with Gasteiger partial charge in [0.05, 0.1) is 18.2 Å². The third-order valence-electron chi connectivity index (χ3n) is 8.09. The summed E-state index contributed by atoms with van der Waals surface area (Å²) < 4.78 is 25.4. The summed E-state index contributed by atoms with van der Waals surface area (Å²) in [6.45, 7) is 5.76. The van der Waals surface area contributed by atoms with E-state index in [0.29, 0.717) is 17.3 Å². The molecule has 0 saturated carbocycles. The SMILES string of the molecule is COc1nc2ccc(SC)cc2cc1C(c1ccc(Cl)cc1)C1(O)CCN(C(=O)OC(C)(C)C)C(Cc2ccc(F)cc2)C1. The van der Waals surface area contributed by atoms with Crippen molar-refractivity contribution in [2.75, 3.05) is 19.9 Å². The van der Waals surface area contributed by atoms with Gasteiger partial charge in [-0.15, -0.1) is 11.8 Å². The first-order valence-corrected chi connectivity index (χ1v) is 16.2. The summed E-state index contributed by atoms with van der Waals surface area (Å²) >= 11 is 7.94. The summed E-state index contributed by atoms with van der Waals surface area (Å²) in [6, 6.07) is 21.4. The molecule has 232 valence electrons. The highest BCUT2D eigenvalue weighted by Gasteiger charge is 2.48. The largest absolute Gasteiger partial charge is 0.481 e. The third-order valence-corrected chi connectivity index (χ3v) is 9.07. The number of thioether (sulfide) groups is 1. The van der Waals surface area contributed by atoms with Crippen molar-refractivity contribution in [3.8, 4) is 5.88 Å². The molecule has 1 aliphatic heterocycles. The van der Waals surface area contributed by atoms with Crippen molar-refractivity contribution in [1.29, 1.82) is 0 Å². The summed E-state index contributed by atoms with van der Waals surface area (Å²) in [4.78, 5) is 21.1. The molecule has 44 heavy (non-hydrogen) atoms. The van der Waals surface area contributed by atoms with Crippen LogP contribution in [0, 0.1) is 5.82 Å². The van der Waals surface area contributed by atoms with Crippen LogP contribution in [0.3, 0.4) is 0 Å². The van der Waals surface area contributed by atoms with Crippen LogP contribution in [0.1, 0.15) is 56.2 Å². The quantitative estimate of drug-likeness (QED) is 0.206. The molecule has 1 N–H and O–H groups in total. The standard InChI is InChI=1S/C35H38ClFN2O4S/c1-34(2,3)43-33(40)39-17-16-35(41,21-27(39)18-22-6-12-26(37)13-7-22)31(23-8-10-25(36)11-9-23)29-20-24-19-28(44-5)14-15-30(24)38-32(29)42-4/h6-15,19-20,27,31,41H,16-18,21H2,1-5H3. The first-order chi connectivity index (χ1) is 20.9. The summed E-state index contributed by atoms with van der Waals surface area (Å²) in [7, 11) is 1.58. The van der Waals surface area contributed by atoms with E-state index in [0.717, 1.165) is 32.5 Å². The molecular weight excluding hydrogens is 599 g/mol. The number of rotatable bonds is 7. The second-order valence-electron chi connectivity index (χ2n) is 12.3. The molecule has 6 nitrogen and oxygen atoms in total. The van der Waals surface area contributed by atoms with Gasteiger partial charge in [0.2, 0.25) is 5.88 Å². The highest BCUT2D eigenvalue weighted by atomic mass is 35.5. The van der Waals surface area contributed by atoms with Crippen LogP contribution in [0.4, 0.5) is 9.18 Å². The number of carbonyl (C=O) groups is 1. The Morgan fingerprint density at radius 1 is 1.14 bits per heavy atom. The van der Waals surface area contributed by atoms with Crippen LogP contribution in [-0.2, 0) is 11.2 Å². The molecule has 3 aromatic carbocycles. The summed E-state index contributed by atoms with van der Waals surface area (Å²) in [6.07, 6.45) is 2.52. The van der Waals surface area contributed by atoms with E-state index in [1.165, 1.54) is 12.1 Å². The highest BCUT2D eigenvalue weighted by Crippen LogP contribution is 2.47. The normalized spacial score (nSPS) is 19.5. The Morgan fingerprint density at radius 2 is 1.84 bits per heavy atom. The van der Waals surface area contributed by atoms with Gasteiger partial charge in [0.25, 0.3) is 0 Å². The summed E-state index contributed by atoms with van der Waals surface area (Å²) in [5.74, 6) is -0.463. The molecular formula is C35H38ClFN2O4S. The Hall–Kier alpha value is -3.33. The van der Waals surface area contributed by atoms with E-state index in [9.17, 15) is 14.3 Å². The number of amides is 1. The van der Waals surface area contributed by atoms with Crippen LogP contribution in [0.5, 0.6) is 5.88 Å². The summed E-state index contributed by atoms with van der Waals surface area (Å²) in [5.41, 5.74) is 1.25. The van der Waals surface area contributed by atoms with Gasteiger partial charge in [0.15, 0.2) is 0 Å². The number of likely N-dealkylation sites (tertiary alicyclic amines) is 1. The fraction of sp³-hybridized carbons (Fsp3) is 0.371. The van der Waals surface area contributed by atoms with Gasteiger partial charge in [-0.1, -0.05) is 35.9 Å². The smallest absolute Gasteiger partial charge is 0.410 e. The molecule has 1 saturated heterocycles. The topological polar surface area (TPSA) is 71.9 Å². The zero-order valence-corrected chi connectivity index (χ0v) is 27.2. The number of hydrogen-bond donors (Lipinski definition) is 1. The third kappa shape index (κ3) is 7.14. The lowest BCUT2D eigenvalue weighted by atomic mass is 9.70. The van der Waals surface area contributed by atoms with Crippen molar-refractivity contribution in [2.24, 2.45) is 0 Å². The van der Waals surface area contributed by atoms with Crippen LogP contribution in [0.25, 0.3) is 10.9 Å². The average Bonchev–Trinajstić information content (AvgIpc) is 2.98. The van der Waals surface area contributed by atoms with Crippen LogP contribution >= 0.6 is 23.4 Å². The molecule has 0 radical (unpaired) electrons.